The predicted molar refractivity (Wildman–Crippen MR) is 115 cm³/mol. The quantitative estimate of drug-likeness (QED) is 0.222. The SMILES string of the molecule is [CH3-].[Ir].[c-]1cc2ccccc2cc1-c1ccc2c(-c3ccccc3)cccc2n1. The fraction of sp³-hybridized carbons (Fsp3) is 0. The fourth-order valence-electron chi connectivity index (χ4n) is 3.45. The number of rotatable bonds is 2. The molecule has 0 saturated carbocycles. The first-order valence-corrected chi connectivity index (χ1v) is 8.74. The predicted octanol–water partition coefficient (Wildman–Crippen LogP) is 6.97. The number of nitrogens with zero attached hydrogens (tertiary/aromatic N) is 1. The van der Waals surface area contributed by atoms with Gasteiger partial charge in [0.1, 0.15) is 0 Å². The molecule has 0 N–H and O–H groups in total. The Morgan fingerprint density at radius 1 is 0.679 bits per heavy atom. The van der Waals surface area contributed by atoms with E-state index in [1.807, 2.05) is 12.1 Å². The Morgan fingerprint density at radius 2 is 1.43 bits per heavy atom. The summed E-state index contributed by atoms with van der Waals surface area (Å²) in [5.74, 6) is 0. The van der Waals surface area contributed by atoms with Crippen LogP contribution in [0.2, 0.25) is 0 Å². The van der Waals surface area contributed by atoms with E-state index in [1.54, 1.807) is 0 Å². The van der Waals surface area contributed by atoms with Gasteiger partial charge in [-0.2, -0.15) is 0 Å². The van der Waals surface area contributed by atoms with Crippen molar-refractivity contribution in [3.05, 3.63) is 111 Å². The first-order valence-electron chi connectivity index (χ1n) is 8.74. The number of hydrogen-bond acceptors (Lipinski definition) is 1. The normalized spacial score (nSPS) is 10.3. The third-order valence-electron chi connectivity index (χ3n) is 4.77. The minimum atomic E-state index is 0. The largest absolute Gasteiger partial charge is 0.358 e. The second-order valence-corrected chi connectivity index (χ2v) is 6.41. The Balaban J connectivity index is 0.00000112. The van der Waals surface area contributed by atoms with Crippen LogP contribution >= 0.6 is 0 Å². The maximum atomic E-state index is 4.91. The first-order chi connectivity index (χ1) is 12.9. The van der Waals surface area contributed by atoms with E-state index in [9.17, 15) is 0 Å². The molecule has 0 atom stereocenters. The van der Waals surface area contributed by atoms with Gasteiger partial charge in [0.2, 0.25) is 0 Å². The van der Waals surface area contributed by atoms with Crippen LogP contribution in [0.25, 0.3) is 44.1 Å². The first kappa shape index (κ1) is 19.9. The monoisotopic (exact) mass is 538 g/mol. The smallest absolute Gasteiger partial charge is 0.0601 e. The fourth-order valence-corrected chi connectivity index (χ4v) is 3.45. The van der Waals surface area contributed by atoms with E-state index in [1.165, 1.54) is 27.3 Å². The van der Waals surface area contributed by atoms with Crippen molar-refractivity contribution in [1.82, 2.24) is 4.98 Å². The molecule has 0 fully saturated rings. The Labute approximate surface area is 179 Å². The molecule has 5 aromatic rings. The summed E-state index contributed by atoms with van der Waals surface area (Å²) in [5.41, 5.74) is 5.41. The van der Waals surface area contributed by atoms with Crippen molar-refractivity contribution in [1.29, 1.82) is 0 Å². The standard InChI is InChI=1S/C25H16N.CH3.Ir/c1-2-8-19(9-3-1)22-11-6-12-25-23(22)15-16-24(26-25)21-14-13-18-7-4-5-10-20(18)17-21;;/h1-13,15-17H;1H3;/q2*-1;. The zero-order chi connectivity index (χ0) is 17.3. The number of pyridine rings is 1. The minimum Gasteiger partial charge on any atom is -0.358 e. The van der Waals surface area contributed by atoms with Crippen molar-refractivity contribution in [2.45, 2.75) is 0 Å². The van der Waals surface area contributed by atoms with Gasteiger partial charge in [0.15, 0.2) is 0 Å². The molecule has 0 bridgehead atoms. The van der Waals surface area contributed by atoms with Crippen LogP contribution in [-0.2, 0) is 20.1 Å². The van der Waals surface area contributed by atoms with Crippen molar-refractivity contribution in [3.8, 4) is 22.4 Å². The minimum absolute atomic E-state index is 0. The van der Waals surface area contributed by atoms with Crippen LogP contribution in [0.5, 0.6) is 0 Å². The molecule has 1 aromatic heterocycles. The third-order valence-corrected chi connectivity index (χ3v) is 4.77. The van der Waals surface area contributed by atoms with Crippen LogP contribution in [-0.4, -0.2) is 4.98 Å². The molecule has 1 radical (unpaired) electrons. The van der Waals surface area contributed by atoms with Crippen LogP contribution in [0.3, 0.4) is 0 Å². The molecule has 0 aliphatic heterocycles. The topological polar surface area (TPSA) is 12.9 Å². The van der Waals surface area contributed by atoms with Crippen LogP contribution in [0, 0.1) is 13.5 Å². The molecule has 2 heteroatoms. The second-order valence-electron chi connectivity index (χ2n) is 6.41. The zero-order valence-corrected chi connectivity index (χ0v) is 17.9. The van der Waals surface area contributed by atoms with E-state index in [4.69, 9.17) is 4.98 Å². The summed E-state index contributed by atoms with van der Waals surface area (Å²) >= 11 is 0. The van der Waals surface area contributed by atoms with Crippen LogP contribution in [0.15, 0.2) is 97.1 Å². The molecule has 5 rings (SSSR count). The van der Waals surface area contributed by atoms with Crippen molar-refractivity contribution in [3.63, 3.8) is 0 Å². The molecule has 0 saturated heterocycles. The summed E-state index contributed by atoms with van der Waals surface area (Å²) in [5, 5.41) is 3.58. The zero-order valence-electron chi connectivity index (χ0n) is 15.5. The number of aromatic nitrogens is 1. The van der Waals surface area contributed by atoms with Crippen molar-refractivity contribution in [2.75, 3.05) is 0 Å². The summed E-state index contributed by atoms with van der Waals surface area (Å²) in [6.07, 6.45) is 0. The van der Waals surface area contributed by atoms with Crippen molar-refractivity contribution in [2.24, 2.45) is 0 Å². The molecular weight excluding hydrogens is 519 g/mol. The number of fused-ring (bicyclic) bond motifs is 2. The van der Waals surface area contributed by atoms with Gasteiger partial charge >= 0.3 is 0 Å². The molecule has 0 spiro atoms. The average Bonchev–Trinajstić information content (AvgIpc) is 2.73. The van der Waals surface area contributed by atoms with Gasteiger partial charge in [0.25, 0.3) is 0 Å². The van der Waals surface area contributed by atoms with Gasteiger partial charge in [-0.05, 0) is 22.9 Å². The summed E-state index contributed by atoms with van der Waals surface area (Å²) in [7, 11) is 0. The molecule has 28 heavy (non-hydrogen) atoms. The van der Waals surface area contributed by atoms with E-state index < -0.39 is 0 Å². The van der Waals surface area contributed by atoms with E-state index >= 15 is 0 Å². The Morgan fingerprint density at radius 3 is 2.25 bits per heavy atom. The van der Waals surface area contributed by atoms with Gasteiger partial charge < -0.3 is 7.43 Å². The number of benzene rings is 4. The van der Waals surface area contributed by atoms with Gasteiger partial charge in [0, 0.05) is 25.5 Å². The molecule has 0 aliphatic rings. The maximum absolute atomic E-state index is 4.91. The molecular formula is C26H19IrN-2. The summed E-state index contributed by atoms with van der Waals surface area (Å²) in [6, 6.07) is 36.9. The van der Waals surface area contributed by atoms with E-state index in [2.05, 4.69) is 91.0 Å². The van der Waals surface area contributed by atoms with Crippen LogP contribution in [0.1, 0.15) is 0 Å². The molecule has 0 unspecified atom stereocenters. The van der Waals surface area contributed by atoms with Gasteiger partial charge in [-0.1, -0.05) is 84.2 Å². The molecule has 0 aliphatic carbocycles. The summed E-state index contributed by atoms with van der Waals surface area (Å²) < 4.78 is 0. The van der Waals surface area contributed by atoms with Gasteiger partial charge in [-0.15, -0.1) is 29.1 Å². The molecule has 0 amide bonds. The maximum Gasteiger partial charge on any atom is 0.0601 e. The van der Waals surface area contributed by atoms with Crippen LogP contribution < -0.4 is 0 Å². The van der Waals surface area contributed by atoms with Crippen molar-refractivity contribution >= 4 is 21.7 Å². The molecule has 139 valence electrons. The average molecular weight is 538 g/mol. The summed E-state index contributed by atoms with van der Waals surface area (Å²) in [6.45, 7) is 0. The Kier molecular flexibility index (Phi) is 6.04. The number of hydrogen-bond donors (Lipinski definition) is 0. The molecule has 4 aromatic carbocycles. The Bertz CT molecular complexity index is 1230. The van der Waals surface area contributed by atoms with Gasteiger partial charge in [-0.25, -0.2) is 0 Å². The summed E-state index contributed by atoms with van der Waals surface area (Å²) in [4.78, 5) is 4.91. The third kappa shape index (κ3) is 3.62. The van der Waals surface area contributed by atoms with E-state index in [0.717, 1.165) is 16.8 Å². The molecule has 1 nitrogen and oxygen atoms in total. The Hall–Kier alpha value is -2.80. The van der Waals surface area contributed by atoms with E-state index in [-0.39, 0.29) is 27.5 Å². The van der Waals surface area contributed by atoms with E-state index in [0.29, 0.717) is 0 Å². The van der Waals surface area contributed by atoms with Crippen molar-refractivity contribution < 1.29 is 20.1 Å². The van der Waals surface area contributed by atoms with Gasteiger partial charge in [0.05, 0.1) is 5.52 Å². The second kappa shape index (κ2) is 8.48. The van der Waals surface area contributed by atoms with Crippen LogP contribution in [0.4, 0.5) is 0 Å². The molecule has 1 heterocycles. The van der Waals surface area contributed by atoms with Gasteiger partial charge in [-0.3, -0.25) is 4.98 Å².